The summed E-state index contributed by atoms with van der Waals surface area (Å²) in [6.07, 6.45) is 0. The molecule has 2 rings (SSSR count). The molecule has 0 aliphatic rings. The monoisotopic (exact) mass is 292 g/mol. The van der Waals surface area contributed by atoms with Crippen molar-refractivity contribution in [2.24, 2.45) is 0 Å². The fraction of sp³-hybridized carbons (Fsp3) is 0.267. The third-order valence-electron chi connectivity index (χ3n) is 3.11. The largest absolute Gasteiger partial charge is 0.393 e. The van der Waals surface area contributed by atoms with Gasteiger partial charge in [0.25, 0.3) is 0 Å². The second kappa shape index (κ2) is 5.51. The third-order valence-corrected chi connectivity index (χ3v) is 4.32. The molecule has 2 aromatic rings. The molecule has 1 atom stereocenters. The van der Waals surface area contributed by atoms with Crippen molar-refractivity contribution >= 4 is 28.4 Å². The van der Waals surface area contributed by atoms with Gasteiger partial charge >= 0.3 is 0 Å². The first-order chi connectivity index (χ1) is 8.94. The van der Waals surface area contributed by atoms with Crippen LogP contribution in [0.3, 0.4) is 0 Å². The van der Waals surface area contributed by atoms with Gasteiger partial charge < -0.3 is 10.2 Å². The molecule has 0 aliphatic carbocycles. The highest BCUT2D eigenvalue weighted by molar-refractivity contribution is 7.80. The van der Waals surface area contributed by atoms with Gasteiger partial charge in [-0.15, -0.1) is 11.3 Å². The molecule has 1 heterocycles. The Kier molecular flexibility index (Phi) is 4.16. The van der Waals surface area contributed by atoms with Gasteiger partial charge in [-0.25, -0.2) is 0 Å². The quantitative estimate of drug-likeness (QED) is 0.670. The van der Waals surface area contributed by atoms with Gasteiger partial charge in [-0.05, 0) is 42.0 Å². The van der Waals surface area contributed by atoms with Gasteiger partial charge in [0.05, 0.1) is 6.61 Å². The lowest BCUT2D eigenvalue weighted by molar-refractivity contribution is -0.00191. The molecule has 100 valence electrons. The minimum absolute atomic E-state index is 0.285. The van der Waals surface area contributed by atoms with E-state index >= 15 is 0 Å². The molecule has 1 aromatic carbocycles. The Hall–Kier alpha value is -1.07. The zero-order valence-corrected chi connectivity index (χ0v) is 12.5. The van der Waals surface area contributed by atoms with Crippen LogP contribution in [0.4, 0.5) is 0 Å². The molecule has 1 unspecified atom stereocenters. The number of rotatable bonds is 4. The zero-order chi connectivity index (χ0) is 14.0. The second-order valence-corrected chi connectivity index (χ2v) is 6.29. The highest BCUT2D eigenvalue weighted by Crippen LogP contribution is 2.32. The number of hydrogen-bond donors (Lipinski definition) is 2. The predicted octanol–water partition coefficient (Wildman–Crippen LogP) is 3.35. The molecule has 19 heavy (non-hydrogen) atoms. The summed E-state index contributed by atoms with van der Waals surface area (Å²) in [5.41, 5.74) is 1.70. The van der Waals surface area contributed by atoms with Crippen LogP contribution in [-0.2, 0) is 5.60 Å². The maximum atomic E-state index is 10.0. The van der Waals surface area contributed by atoms with E-state index < -0.39 is 5.60 Å². The Balaban J connectivity index is 2.30. The molecule has 0 radical (unpaired) electrons. The van der Waals surface area contributed by atoms with Crippen LogP contribution in [0, 0.1) is 0 Å². The molecule has 1 aromatic heterocycles. The highest BCUT2D eigenvalue weighted by Gasteiger charge is 2.23. The fourth-order valence-electron chi connectivity index (χ4n) is 1.73. The average molecular weight is 292 g/mol. The van der Waals surface area contributed by atoms with E-state index in [0.717, 1.165) is 26.4 Å². The van der Waals surface area contributed by atoms with E-state index in [1.807, 2.05) is 42.6 Å². The summed E-state index contributed by atoms with van der Waals surface area (Å²) >= 11 is 6.69. The molecule has 2 N–H and O–H groups in total. The van der Waals surface area contributed by atoms with Crippen molar-refractivity contribution in [1.29, 1.82) is 0 Å². The van der Waals surface area contributed by atoms with Crippen molar-refractivity contribution < 1.29 is 10.2 Å². The molecule has 0 fully saturated rings. The number of aliphatic hydroxyl groups is 2. The van der Waals surface area contributed by atoms with Crippen molar-refractivity contribution in [1.82, 2.24) is 0 Å². The first kappa shape index (κ1) is 14.3. The van der Waals surface area contributed by atoms with E-state index in [4.69, 9.17) is 17.3 Å². The Bertz CT molecular complexity index is 582. The maximum Gasteiger partial charge on any atom is 0.111 e. The van der Waals surface area contributed by atoms with Crippen LogP contribution < -0.4 is 0 Å². The summed E-state index contributed by atoms with van der Waals surface area (Å²) in [6, 6.07) is 9.96. The van der Waals surface area contributed by atoms with Gasteiger partial charge in [0.1, 0.15) is 5.60 Å². The molecular formula is C15H16O2S2. The second-order valence-electron chi connectivity index (χ2n) is 4.77. The van der Waals surface area contributed by atoms with Crippen LogP contribution in [0.1, 0.15) is 25.0 Å². The van der Waals surface area contributed by atoms with Crippen LogP contribution in [0.5, 0.6) is 0 Å². The van der Waals surface area contributed by atoms with E-state index in [1.54, 1.807) is 18.3 Å². The van der Waals surface area contributed by atoms with E-state index in [9.17, 15) is 5.11 Å². The Morgan fingerprint density at radius 2 is 1.95 bits per heavy atom. The summed E-state index contributed by atoms with van der Waals surface area (Å²) in [5, 5.41) is 21.1. The van der Waals surface area contributed by atoms with Gasteiger partial charge in [0, 0.05) is 9.74 Å². The fourth-order valence-corrected chi connectivity index (χ4v) is 2.91. The van der Waals surface area contributed by atoms with E-state index in [0.29, 0.717) is 0 Å². The molecule has 0 amide bonds. The zero-order valence-electron chi connectivity index (χ0n) is 10.9. The summed E-state index contributed by atoms with van der Waals surface area (Å²) < 4.78 is 0. The Labute approximate surface area is 122 Å². The smallest absolute Gasteiger partial charge is 0.111 e. The standard InChI is InChI=1S/C15H16O2S2/c1-10(18)11-3-5-12(6-4-11)14-7-13(8-19-14)15(2,17)9-16/h3-8,16-17H,9H2,1-2H3. The van der Waals surface area contributed by atoms with Crippen molar-refractivity contribution in [3.05, 3.63) is 46.8 Å². The summed E-state index contributed by atoms with van der Waals surface area (Å²) in [5.74, 6) is 0. The first-order valence-corrected chi connectivity index (χ1v) is 7.26. The van der Waals surface area contributed by atoms with Gasteiger partial charge in [-0.1, -0.05) is 36.5 Å². The van der Waals surface area contributed by atoms with Crippen molar-refractivity contribution in [2.75, 3.05) is 6.61 Å². The van der Waals surface area contributed by atoms with Crippen LogP contribution in [0.15, 0.2) is 35.7 Å². The minimum Gasteiger partial charge on any atom is -0.393 e. The third kappa shape index (κ3) is 3.09. The van der Waals surface area contributed by atoms with E-state index in [-0.39, 0.29) is 6.61 Å². The summed E-state index contributed by atoms with van der Waals surface area (Å²) in [6.45, 7) is 3.23. The Morgan fingerprint density at radius 3 is 2.47 bits per heavy atom. The normalized spacial score (nSPS) is 14.1. The van der Waals surface area contributed by atoms with Crippen LogP contribution in [-0.4, -0.2) is 21.7 Å². The SMILES string of the molecule is CC(=S)c1ccc(-c2cc(C(C)(O)CO)cs2)cc1. The summed E-state index contributed by atoms with van der Waals surface area (Å²) in [4.78, 5) is 1.94. The highest BCUT2D eigenvalue weighted by atomic mass is 32.1. The number of thiophene rings is 1. The number of thiocarbonyl (C=S) groups is 1. The lowest BCUT2D eigenvalue weighted by Crippen LogP contribution is -2.24. The van der Waals surface area contributed by atoms with Gasteiger partial charge in [-0.3, -0.25) is 0 Å². The first-order valence-electron chi connectivity index (χ1n) is 5.97. The number of benzene rings is 1. The minimum atomic E-state index is -1.18. The topological polar surface area (TPSA) is 40.5 Å². The number of aliphatic hydroxyl groups excluding tert-OH is 1. The summed E-state index contributed by atoms with van der Waals surface area (Å²) in [7, 11) is 0. The molecule has 0 spiro atoms. The molecule has 4 heteroatoms. The molecule has 0 aliphatic heterocycles. The van der Waals surface area contributed by atoms with Gasteiger partial charge in [-0.2, -0.15) is 0 Å². The van der Waals surface area contributed by atoms with Crippen LogP contribution in [0.2, 0.25) is 0 Å². The van der Waals surface area contributed by atoms with E-state index in [2.05, 4.69) is 0 Å². The predicted molar refractivity (Wildman–Crippen MR) is 83.8 cm³/mol. The van der Waals surface area contributed by atoms with Crippen LogP contribution in [0.25, 0.3) is 10.4 Å². The van der Waals surface area contributed by atoms with Gasteiger partial charge in [0.2, 0.25) is 0 Å². The molecule has 0 bridgehead atoms. The van der Waals surface area contributed by atoms with Crippen molar-refractivity contribution in [3.8, 4) is 10.4 Å². The lowest BCUT2D eigenvalue weighted by atomic mass is 9.99. The van der Waals surface area contributed by atoms with Gasteiger partial charge in [0.15, 0.2) is 0 Å². The Morgan fingerprint density at radius 1 is 1.32 bits per heavy atom. The molecule has 2 nitrogen and oxygen atoms in total. The number of hydrogen-bond acceptors (Lipinski definition) is 4. The molecule has 0 saturated heterocycles. The maximum absolute atomic E-state index is 10.0. The van der Waals surface area contributed by atoms with E-state index in [1.165, 1.54) is 0 Å². The molecular weight excluding hydrogens is 276 g/mol. The molecule has 0 saturated carbocycles. The average Bonchev–Trinajstić information content (AvgIpc) is 2.89. The van der Waals surface area contributed by atoms with Crippen molar-refractivity contribution in [2.45, 2.75) is 19.4 Å². The van der Waals surface area contributed by atoms with Crippen LogP contribution >= 0.6 is 23.6 Å². The van der Waals surface area contributed by atoms with Crippen molar-refractivity contribution in [3.63, 3.8) is 0 Å². The lowest BCUT2D eigenvalue weighted by Gasteiger charge is -2.18.